The van der Waals surface area contributed by atoms with E-state index in [2.05, 4.69) is 61.5 Å². The molecule has 1 heteroatoms. The number of rotatable bonds is 18. The Kier molecular flexibility index (Phi) is 13.7. The fourth-order valence-corrected chi connectivity index (χ4v) is 4.36. The average molecular weight is 421 g/mol. The Morgan fingerprint density at radius 3 is 1.65 bits per heavy atom. The first-order valence-corrected chi connectivity index (χ1v) is 12.9. The van der Waals surface area contributed by atoms with Gasteiger partial charge in [0, 0.05) is 12.8 Å². The summed E-state index contributed by atoms with van der Waals surface area (Å²) in [4.78, 5) is 12.5. The maximum Gasteiger partial charge on any atom is 0.137 e. The Hall–Kier alpha value is -1.89. The van der Waals surface area contributed by atoms with Crippen LogP contribution in [0.4, 0.5) is 0 Å². The molecule has 0 aliphatic rings. The SMILES string of the molecule is CCCCCCCCCCCCCCCC(=O)Cc1ccccc1Cc1ccccc1. The minimum absolute atomic E-state index is 0.392. The van der Waals surface area contributed by atoms with Crippen molar-refractivity contribution in [3.05, 3.63) is 71.3 Å². The van der Waals surface area contributed by atoms with Crippen LogP contribution in [0.3, 0.4) is 0 Å². The number of hydrogen-bond acceptors (Lipinski definition) is 1. The third kappa shape index (κ3) is 11.9. The predicted octanol–water partition coefficient (Wildman–Crippen LogP) is 8.87. The number of ketones is 1. The minimum Gasteiger partial charge on any atom is -0.299 e. The molecule has 0 N–H and O–H groups in total. The van der Waals surface area contributed by atoms with Crippen molar-refractivity contribution in [1.29, 1.82) is 0 Å². The minimum atomic E-state index is 0.392. The lowest BCUT2D eigenvalue weighted by Gasteiger charge is -2.09. The Morgan fingerprint density at radius 2 is 1.06 bits per heavy atom. The molecule has 0 aliphatic heterocycles. The molecule has 0 unspecified atom stereocenters. The topological polar surface area (TPSA) is 17.1 Å². The van der Waals surface area contributed by atoms with Crippen molar-refractivity contribution >= 4 is 5.78 Å². The Labute approximate surface area is 191 Å². The van der Waals surface area contributed by atoms with Crippen molar-refractivity contribution < 1.29 is 4.79 Å². The van der Waals surface area contributed by atoms with Crippen LogP contribution in [0.25, 0.3) is 0 Å². The molecule has 170 valence electrons. The smallest absolute Gasteiger partial charge is 0.137 e. The Balaban J connectivity index is 1.52. The predicted molar refractivity (Wildman–Crippen MR) is 135 cm³/mol. The fourth-order valence-electron chi connectivity index (χ4n) is 4.36. The van der Waals surface area contributed by atoms with E-state index < -0.39 is 0 Å². The van der Waals surface area contributed by atoms with Crippen LogP contribution in [0.15, 0.2) is 54.6 Å². The molecule has 0 bridgehead atoms. The van der Waals surface area contributed by atoms with E-state index in [-0.39, 0.29) is 0 Å². The molecule has 0 saturated carbocycles. The quantitative estimate of drug-likeness (QED) is 0.220. The molecule has 0 amide bonds. The van der Waals surface area contributed by atoms with E-state index in [0.717, 1.165) is 19.3 Å². The summed E-state index contributed by atoms with van der Waals surface area (Å²) >= 11 is 0. The zero-order valence-corrected chi connectivity index (χ0v) is 19.9. The molecule has 2 rings (SSSR count). The molecule has 2 aromatic rings. The van der Waals surface area contributed by atoms with E-state index in [9.17, 15) is 4.79 Å². The van der Waals surface area contributed by atoms with Gasteiger partial charge >= 0.3 is 0 Å². The van der Waals surface area contributed by atoms with Crippen molar-refractivity contribution in [2.45, 2.75) is 110 Å². The van der Waals surface area contributed by atoms with Gasteiger partial charge in [-0.2, -0.15) is 0 Å². The van der Waals surface area contributed by atoms with E-state index in [4.69, 9.17) is 0 Å². The zero-order valence-electron chi connectivity index (χ0n) is 19.9. The first kappa shape index (κ1) is 25.4. The molecule has 31 heavy (non-hydrogen) atoms. The van der Waals surface area contributed by atoms with Crippen molar-refractivity contribution in [2.24, 2.45) is 0 Å². The average Bonchev–Trinajstić information content (AvgIpc) is 2.79. The van der Waals surface area contributed by atoms with Crippen LogP contribution in [-0.4, -0.2) is 5.78 Å². The summed E-state index contributed by atoms with van der Waals surface area (Å²) < 4.78 is 0. The van der Waals surface area contributed by atoms with Gasteiger partial charge < -0.3 is 0 Å². The van der Waals surface area contributed by atoms with Crippen molar-refractivity contribution in [3.8, 4) is 0 Å². The zero-order chi connectivity index (χ0) is 22.0. The summed E-state index contributed by atoms with van der Waals surface area (Å²) in [6.07, 6.45) is 19.7. The van der Waals surface area contributed by atoms with Gasteiger partial charge in [-0.1, -0.05) is 139 Å². The van der Waals surface area contributed by atoms with Gasteiger partial charge in [0.05, 0.1) is 0 Å². The van der Waals surface area contributed by atoms with Crippen LogP contribution in [0.1, 0.15) is 114 Å². The molecule has 1 nitrogen and oxygen atoms in total. The number of hydrogen-bond donors (Lipinski definition) is 0. The Bertz CT molecular complexity index is 703. The highest BCUT2D eigenvalue weighted by molar-refractivity contribution is 5.81. The van der Waals surface area contributed by atoms with Crippen molar-refractivity contribution in [2.75, 3.05) is 0 Å². The van der Waals surface area contributed by atoms with Crippen LogP contribution >= 0.6 is 0 Å². The highest BCUT2D eigenvalue weighted by atomic mass is 16.1. The molecule has 0 fully saturated rings. The van der Waals surface area contributed by atoms with Gasteiger partial charge in [0.15, 0.2) is 0 Å². The molecule has 0 spiro atoms. The van der Waals surface area contributed by atoms with Crippen LogP contribution in [0.2, 0.25) is 0 Å². The second-order valence-electron chi connectivity index (χ2n) is 9.14. The second-order valence-corrected chi connectivity index (χ2v) is 9.14. The van der Waals surface area contributed by atoms with Gasteiger partial charge in [-0.05, 0) is 29.5 Å². The third-order valence-electron chi connectivity index (χ3n) is 6.30. The summed E-state index contributed by atoms with van der Waals surface area (Å²) in [6, 6.07) is 19.0. The number of unbranched alkanes of at least 4 members (excludes halogenated alkanes) is 12. The van der Waals surface area contributed by atoms with Crippen LogP contribution in [0, 0.1) is 0 Å². The van der Waals surface area contributed by atoms with Gasteiger partial charge in [0.2, 0.25) is 0 Å². The highest BCUT2D eigenvalue weighted by Crippen LogP contribution is 2.17. The molecule has 0 aliphatic carbocycles. The molecule has 0 aromatic heterocycles. The third-order valence-corrected chi connectivity index (χ3v) is 6.30. The van der Waals surface area contributed by atoms with Gasteiger partial charge in [-0.15, -0.1) is 0 Å². The molecule has 0 saturated heterocycles. The Morgan fingerprint density at radius 1 is 0.581 bits per heavy atom. The highest BCUT2D eigenvalue weighted by Gasteiger charge is 2.08. The van der Waals surface area contributed by atoms with Crippen LogP contribution < -0.4 is 0 Å². The summed E-state index contributed by atoms with van der Waals surface area (Å²) in [5, 5.41) is 0. The molecule has 2 aromatic carbocycles. The van der Waals surface area contributed by atoms with Gasteiger partial charge in [0.25, 0.3) is 0 Å². The molecular weight excluding hydrogens is 376 g/mol. The largest absolute Gasteiger partial charge is 0.299 e. The molecular formula is C30H44O. The number of benzene rings is 2. The lowest BCUT2D eigenvalue weighted by molar-refractivity contribution is -0.118. The van der Waals surface area contributed by atoms with Gasteiger partial charge in [0.1, 0.15) is 5.78 Å². The molecule has 0 radical (unpaired) electrons. The van der Waals surface area contributed by atoms with Crippen LogP contribution in [-0.2, 0) is 17.6 Å². The van der Waals surface area contributed by atoms with E-state index in [1.807, 2.05) is 0 Å². The normalized spacial score (nSPS) is 11.0. The maximum absolute atomic E-state index is 12.5. The van der Waals surface area contributed by atoms with E-state index in [1.165, 1.54) is 93.7 Å². The van der Waals surface area contributed by atoms with E-state index in [0.29, 0.717) is 12.2 Å². The summed E-state index contributed by atoms with van der Waals surface area (Å²) in [6.45, 7) is 2.28. The van der Waals surface area contributed by atoms with Crippen LogP contribution in [0.5, 0.6) is 0 Å². The summed E-state index contributed by atoms with van der Waals surface area (Å²) in [5.41, 5.74) is 3.79. The maximum atomic E-state index is 12.5. The standard InChI is InChI=1S/C30H44O/c1-2-3-4-5-6-7-8-9-10-11-12-13-17-24-30(31)26-29-23-19-18-22-28(29)25-27-20-15-14-16-21-27/h14-16,18-23H,2-13,17,24-26H2,1H3. The van der Waals surface area contributed by atoms with E-state index in [1.54, 1.807) is 0 Å². The fraction of sp³-hybridized carbons (Fsp3) is 0.567. The lowest BCUT2D eigenvalue weighted by atomic mass is 9.95. The summed E-state index contributed by atoms with van der Waals surface area (Å²) in [7, 11) is 0. The number of carbonyl (C=O) groups is 1. The van der Waals surface area contributed by atoms with Crippen molar-refractivity contribution in [1.82, 2.24) is 0 Å². The van der Waals surface area contributed by atoms with Crippen molar-refractivity contribution in [3.63, 3.8) is 0 Å². The second kappa shape index (κ2) is 16.8. The first-order valence-electron chi connectivity index (χ1n) is 12.9. The monoisotopic (exact) mass is 420 g/mol. The van der Waals surface area contributed by atoms with E-state index >= 15 is 0 Å². The number of Topliss-reactive ketones (excluding diaryl/α,β-unsaturated/α-hetero) is 1. The number of carbonyl (C=O) groups excluding carboxylic acids is 1. The molecule has 0 atom stereocenters. The first-order chi connectivity index (χ1) is 15.3. The molecule has 0 heterocycles. The lowest BCUT2D eigenvalue weighted by Crippen LogP contribution is -2.05. The van der Waals surface area contributed by atoms with Gasteiger partial charge in [-0.25, -0.2) is 0 Å². The van der Waals surface area contributed by atoms with Gasteiger partial charge in [-0.3, -0.25) is 4.79 Å². The summed E-state index contributed by atoms with van der Waals surface area (Å²) in [5.74, 6) is 0.392.